The average Bonchev–Trinajstić information content (AvgIpc) is 2.58. The normalized spacial score (nSPS) is 11.9. The molecule has 0 radical (unpaired) electrons. The quantitative estimate of drug-likeness (QED) is 0.169. The molecule has 0 saturated heterocycles. The van der Waals surface area contributed by atoms with Crippen LogP contribution in [0.25, 0.3) is 10.4 Å². The molecule has 0 rings (SSSR count). The van der Waals surface area contributed by atoms with Crippen molar-refractivity contribution < 1.29 is 23.9 Å². The molecular formula is C18H32N4O5. The van der Waals surface area contributed by atoms with E-state index in [-0.39, 0.29) is 12.2 Å². The van der Waals surface area contributed by atoms with E-state index in [2.05, 4.69) is 15.3 Å². The molecule has 27 heavy (non-hydrogen) atoms. The number of nitrogens with zero attached hydrogens (tertiary/aromatic N) is 3. The highest BCUT2D eigenvalue weighted by atomic mass is 16.6. The number of azide groups is 1. The van der Waals surface area contributed by atoms with Crippen LogP contribution in [0.3, 0.4) is 0 Å². The number of ether oxygens (including phenoxy) is 2. The van der Waals surface area contributed by atoms with E-state index in [4.69, 9.17) is 15.0 Å². The first-order valence-electron chi connectivity index (χ1n) is 9.27. The molecule has 0 spiro atoms. The molecule has 9 heteroatoms. The topological polar surface area (TPSA) is 130 Å². The third kappa shape index (κ3) is 14.6. The fraction of sp³-hybridized carbons (Fsp3) is 0.833. The van der Waals surface area contributed by atoms with Crippen LogP contribution in [0, 0.1) is 5.92 Å². The largest absolute Gasteiger partial charge is 0.469 e. The summed E-state index contributed by atoms with van der Waals surface area (Å²) in [6, 6.07) is 0. The Kier molecular flexibility index (Phi) is 12.7. The van der Waals surface area contributed by atoms with Gasteiger partial charge in [-0.25, -0.2) is 4.79 Å². The summed E-state index contributed by atoms with van der Waals surface area (Å²) < 4.78 is 9.93. The Labute approximate surface area is 160 Å². The van der Waals surface area contributed by atoms with Crippen molar-refractivity contribution in [1.82, 2.24) is 5.32 Å². The number of rotatable bonds is 13. The van der Waals surface area contributed by atoms with Crippen molar-refractivity contribution in [3.63, 3.8) is 0 Å². The number of Topliss-reactive ketones (excluding diaryl/α,β-unsaturated/α-hetero) is 1. The molecule has 1 atom stereocenters. The maximum atomic E-state index is 12.0. The summed E-state index contributed by atoms with van der Waals surface area (Å²) in [7, 11) is 1.31. The van der Waals surface area contributed by atoms with Gasteiger partial charge in [0.05, 0.1) is 13.0 Å². The van der Waals surface area contributed by atoms with Gasteiger partial charge in [-0.1, -0.05) is 11.5 Å². The molecule has 0 bridgehead atoms. The van der Waals surface area contributed by atoms with Gasteiger partial charge < -0.3 is 14.8 Å². The molecule has 0 aromatic heterocycles. The second-order valence-electron chi connectivity index (χ2n) is 7.30. The van der Waals surface area contributed by atoms with Gasteiger partial charge in [0, 0.05) is 30.8 Å². The molecule has 1 amide bonds. The standard InChI is InChI=1S/C18H32N4O5/c1-18(2,3)27-17(25)20-11-7-5-9-14(16(24)26-4)13-15(23)10-6-8-12-21-22-19/h14H,5-13H2,1-4H3,(H,20,25)/t14-/m1/s1. The Morgan fingerprint density at radius 3 is 2.44 bits per heavy atom. The lowest BCUT2D eigenvalue weighted by Gasteiger charge is -2.19. The average molecular weight is 384 g/mol. The van der Waals surface area contributed by atoms with Crippen LogP contribution in [-0.2, 0) is 19.1 Å². The number of methoxy groups -OCH3 is 1. The minimum absolute atomic E-state index is 0.00165. The Morgan fingerprint density at radius 2 is 1.85 bits per heavy atom. The van der Waals surface area contributed by atoms with E-state index in [9.17, 15) is 14.4 Å². The van der Waals surface area contributed by atoms with E-state index in [0.717, 1.165) is 0 Å². The van der Waals surface area contributed by atoms with E-state index >= 15 is 0 Å². The third-order valence-electron chi connectivity index (χ3n) is 3.68. The van der Waals surface area contributed by atoms with E-state index in [1.54, 1.807) is 20.8 Å². The number of carbonyl (C=O) groups excluding carboxylic acids is 3. The fourth-order valence-electron chi connectivity index (χ4n) is 2.42. The zero-order chi connectivity index (χ0) is 20.7. The van der Waals surface area contributed by atoms with Crippen LogP contribution in [0.1, 0.15) is 65.7 Å². The molecular weight excluding hydrogens is 352 g/mol. The van der Waals surface area contributed by atoms with Crippen molar-refractivity contribution in [2.24, 2.45) is 11.0 Å². The Hall–Kier alpha value is -2.28. The van der Waals surface area contributed by atoms with Crippen molar-refractivity contribution in [3.8, 4) is 0 Å². The fourth-order valence-corrected chi connectivity index (χ4v) is 2.42. The molecule has 154 valence electrons. The number of alkyl carbamates (subject to hydrolysis) is 1. The van der Waals surface area contributed by atoms with Crippen LogP contribution in [0.15, 0.2) is 5.11 Å². The second kappa shape index (κ2) is 13.9. The highest BCUT2D eigenvalue weighted by Gasteiger charge is 2.22. The number of esters is 1. The Balaban J connectivity index is 4.13. The Bertz CT molecular complexity index is 524. The van der Waals surface area contributed by atoms with Gasteiger partial charge in [0.2, 0.25) is 0 Å². The van der Waals surface area contributed by atoms with Gasteiger partial charge in [-0.2, -0.15) is 0 Å². The summed E-state index contributed by atoms with van der Waals surface area (Å²) in [6.07, 6.45) is 3.19. The van der Waals surface area contributed by atoms with Crippen molar-refractivity contribution in [1.29, 1.82) is 0 Å². The Morgan fingerprint density at radius 1 is 1.15 bits per heavy atom. The zero-order valence-corrected chi connectivity index (χ0v) is 16.8. The molecule has 0 fully saturated rings. The van der Waals surface area contributed by atoms with E-state index in [0.29, 0.717) is 51.6 Å². The summed E-state index contributed by atoms with van der Waals surface area (Å²) in [5.74, 6) is -0.864. The summed E-state index contributed by atoms with van der Waals surface area (Å²) in [5.41, 5.74) is 7.65. The molecule has 0 aromatic rings. The molecule has 1 N–H and O–H groups in total. The van der Waals surface area contributed by atoms with Crippen LogP contribution >= 0.6 is 0 Å². The smallest absolute Gasteiger partial charge is 0.407 e. The van der Waals surface area contributed by atoms with Crippen LogP contribution in [0.4, 0.5) is 4.79 Å². The zero-order valence-electron chi connectivity index (χ0n) is 16.8. The molecule has 0 saturated carbocycles. The predicted octanol–water partition coefficient (Wildman–Crippen LogP) is 3.91. The van der Waals surface area contributed by atoms with Gasteiger partial charge in [0.25, 0.3) is 0 Å². The van der Waals surface area contributed by atoms with Gasteiger partial charge in [-0.3, -0.25) is 9.59 Å². The first-order valence-corrected chi connectivity index (χ1v) is 9.27. The minimum Gasteiger partial charge on any atom is -0.469 e. The summed E-state index contributed by atoms with van der Waals surface area (Å²) in [6.45, 7) is 6.19. The van der Waals surface area contributed by atoms with Gasteiger partial charge in [0.1, 0.15) is 11.4 Å². The van der Waals surface area contributed by atoms with Gasteiger partial charge in [0.15, 0.2) is 0 Å². The van der Waals surface area contributed by atoms with Crippen molar-refractivity contribution in [2.75, 3.05) is 20.2 Å². The molecule has 0 aliphatic carbocycles. The maximum Gasteiger partial charge on any atom is 0.407 e. The summed E-state index contributed by atoms with van der Waals surface area (Å²) >= 11 is 0. The number of amides is 1. The monoisotopic (exact) mass is 384 g/mol. The van der Waals surface area contributed by atoms with Crippen LogP contribution in [0.2, 0.25) is 0 Å². The predicted molar refractivity (Wildman–Crippen MR) is 101 cm³/mol. The molecule has 0 aliphatic rings. The first kappa shape index (κ1) is 24.7. The SMILES string of the molecule is COC(=O)[C@H](CCCCNC(=O)OC(C)(C)C)CC(=O)CCCCN=[N+]=[N-]. The lowest BCUT2D eigenvalue weighted by Crippen LogP contribution is -2.33. The minimum atomic E-state index is -0.540. The number of carbonyl (C=O) groups is 3. The van der Waals surface area contributed by atoms with Crippen molar-refractivity contribution in [3.05, 3.63) is 10.4 Å². The van der Waals surface area contributed by atoms with E-state index < -0.39 is 23.6 Å². The molecule has 0 aromatic carbocycles. The van der Waals surface area contributed by atoms with Crippen molar-refractivity contribution >= 4 is 17.8 Å². The molecule has 0 heterocycles. The molecule has 0 aliphatic heterocycles. The number of hydrogen-bond acceptors (Lipinski definition) is 6. The molecule has 9 nitrogen and oxygen atoms in total. The van der Waals surface area contributed by atoms with Crippen LogP contribution in [-0.4, -0.2) is 43.6 Å². The molecule has 0 unspecified atom stereocenters. The highest BCUT2D eigenvalue weighted by Crippen LogP contribution is 2.17. The number of nitrogens with one attached hydrogen (secondary N) is 1. The lowest BCUT2D eigenvalue weighted by atomic mass is 9.94. The van der Waals surface area contributed by atoms with Crippen molar-refractivity contribution in [2.45, 2.75) is 71.3 Å². The number of hydrogen-bond donors (Lipinski definition) is 1. The highest BCUT2D eigenvalue weighted by molar-refractivity contribution is 5.84. The van der Waals surface area contributed by atoms with Gasteiger partial charge in [-0.05, 0) is 52.0 Å². The van der Waals surface area contributed by atoms with E-state index in [1.807, 2.05) is 0 Å². The van der Waals surface area contributed by atoms with Crippen LogP contribution < -0.4 is 5.32 Å². The number of ketones is 1. The van der Waals surface area contributed by atoms with Gasteiger partial charge in [-0.15, -0.1) is 0 Å². The lowest BCUT2D eigenvalue weighted by molar-refractivity contribution is -0.147. The second-order valence-corrected chi connectivity index (χ2v) is 7.30. The van der Waals surface area contributed by atoms with E-state index in [1.165, 1.54) is 7.11 Å². The maximum absolute atomic E-state index is 12.0. The van der Waals surface area contributed by atoms with Gasteiger partial charge >= 0.3 is 12.1 Å². The first-order chi connectivity index (χ1) is 12.7. The third-order valence-corrected chi connectivity index (χ3v) is 3.68. The van der Waals surface area contributed by atoms with Crippen LogP contribution in [0.5, 0.6) is 0 Å². The summed E-state index contributed by atoms with van der Waals surface area (Å²) in [4.78, 5) is 38.1. The number of unbranched alkanes of at least 4 members (excludes halogenated alkanes) is 2. The summed E-state index contributed by atoms with van der Waals surface area (Å²) in [5, 5.41) is 6.08.